The number of likely N-dealkylation sites (tertiary alicyclic amines) is 1. The minimum absolute atomic E-state index is 0.0342. The Hall–Kier alpha value is -2.27. The molecular formula is C19H18ClNO4. The Labute approximate surface area is 150 Å². The predicted octanol–water partition coefficient (Wildman–Crippen LogP) is 3.93. The van der Waals surface area contributed by atoms with Gasteiger partial charge in [0.1, 0.15) is 5.76 Å². The van der Waals surface area contributed by atoms with Gasteiger partial charge >= 0.3 is 5.97 Å². The van der Waals surface area contributed by atoms with Crippen LogP contribution in [0.3, 0.4) is 0 Å². The number of halogens is 1. The number of rotatable bonds is 3. The predicted molar refractivity (Wildman–Crippen MR) is 92.5 cm³/mol. The zero-order valence-corrected chi connectivity index (χ0v) is 14.3. The van der Waals surface area contributed by atoms with Gasteiger partial charge in [-0.25, -0.2) is 0 Å². The largest absolute Gasteiger partial charge is 0.481 e. The van der Waals surface area contributed by atoms with Crippen molar-refractivity contribution >= 4 is 23.5 Å². The van der Waals surface area contributed by atoms with Crippen molar-refractivity contribution in [2.75, 3.05) is 13.1 Å². The summed E-state index contributed by atoms with van der Waals surface area (Å²) in [6.07, 6.45) is 2.41. The quantitative estimate of drug-likeness (QED) is 0.901. The van der Waals surface area contributed by atoms with Crippen molar-refractivity contribution in [3.8, 4) is 11.3 Å². The topological polar surface area (TPSA) is 70.8 Å². The van der Waals surface area contributed by atoms with E-state index in [1.807, 2.05) is 18.2 Å². The monoisotopic (exact) mass is 359 g/mol. The second-order valence-electron chi connectivity index (χ2n) is 6.88. The third-order valence-corrected chi connectivity index (χ3v) is 5.87. The van der Waals surface area contributed by atoms with E-state index in [9.17, 15) is 14.7 Å². The highest BCUT2D eigenvalue weighted by Gasteiger charge is 2.56. The molecule has 2 fully saturated rings. The number of nitrogens with zero attached hydrogens (tertiary/aromatic N) is 1. The highest BCUT2D eigenvalue weighted by Crippen LogP contribution is 2.49. The first-order valence-corrected chi connectivity index (χ1v) is 8.76. The van der Waals surface area contributed by atoms with Crippen LogP contribution >= 0.6 is 11.6 Å². The van der Waals surface area contributed by atoms with Gasteiger partial charge < -0.3 is 14.4 Å². The molecule has 1 N–H and O–H groups in total. The minimum atomic E-state index is -0.790. The Kier molecular flexibility index (Phi) is 3.84. The maximum absolute atomic E-state index is 12.8. The second kappa shape index (κ2) is 5.92. The van der Waals surface area contributed by atoms with Gasteiger partial charge in [0.15, 0.2) is 5.76 Å². The summed E-state index contributed by atoms with van der Waals surface area (Å²) < 4.78 is 5.72. The van der Waals surface area contributed by atoms with Crippen molar-refractivity contribution < 1.29 is 19.1 Å². The fourth-order valence-electron chi connectivity index (χ4n) is 4.21. The van der Waals surface area contributed by atoms with Gasteiger partial charge in [-0.15, -0.1) is 0 Å². The van der Waals surface area contributed by atoms with Gasteiger partial charge in [-0.3, -0.25) is 9.59 Å². The molecule has 1 saturated heterocycles. The lowest BCUT2D eigenvalue weighted by Gasteiger charge is -2.22. The van der Waals surface area contributed by atoms with E-state index in [-0.39, 0.29) is 24.1 Å². The summed E-state index contributed by atoms with van der Waals surface area (Å²) in [5, 5.41) is 10.2. The van der Waals surface area contributed by atoms with Gasteiger partial charge in [-0.05, 0) is 43.0 Å². The Morgan fingerprint density at radius 2 is 2.04 bits per heavy atom. The van der Waals surface area contributed by atoms with E-state index in [4.69, 9.17) is 16.0 Å². The van der Waals surface area contributed by atoms with Crippen molar-refractivity contribution in [1.29, 1.82) is 0 Å². The van der Waals surface area contributed by atoms with Crippen LogP contribution in [0.4, 0.5) is 0 Å². The van der Waals surface area contributed by atoms with E-state index in [2.05, 4.69) is 0 Å². The molecule has 1 aliphatic carbocycles. The molecule has 4 rings (SSSR count). The zero-order valence-electron chi connectivity index (χ0n) is 13.6. The molecular weight excluding hydrogens is 342 g/mol. The maximum Gasteiger partial charge on any atom is 0.311 e. The van der Waals surface area contributed by atoms with Crippen LogP contribution in [0.1, 0.15) is 29.8 Å². The van der Waals surface area contributed by atoms with Gasteiger partial charge in [-0.2, -0.15) is 0 Å². The van der Waals surface area contributed by atoms with E-state index in [0.29, 0.717) is 23.7 Å². The molecule has 2 aliphatic rings. The maximum atomic E-state index is 12.8. The molecule has 2 aromatic rings. The van der Waals surface area contributed by atoms with Crippen molar-refractivity contribution in [3.63, 3.8) is 0 Å². The third kappa shape index (κ3) is 2.54. The van der Waals surface area contributed by atoms with Crippen LogP contribution in [0.5, 0.6) is 0 Å². The number of amides is 1. The molecule has 130 valence electrons. The minimum Gasteiger partial charge on any atom is -0.481 e. The number of aliphatic carboxylic acids is 1. The zero-order chi connectivity index (χ0) is 17.6. The number of furan rings is 1. The smallest absolute Gasteiger partial charge is 0.311 e. The molecule has 1 aliphatic heterocycles. The number of carboxylic acid groups (broad SMARTS) is 1. The highest BCUT2D eigenvalue weighted by molar-refractivity contribution is 6.33. The van der Waals surface area contributed by atoms with E-state index in [1.54, 1.807) is 23.1 Å². The number of benzene rings is 1. The Bertz CT molecular complexity index is 845. The Morgan fingerprint density at radius 1 is 1.24 bits per heavy atom. The molecule has 0 bridgehead atoms. The van der Waals surface area contributed by atoms with Crippen LogP contribution in [0, 0.1) is 11.3 Å². The standard InChI is InChI=1S/C19H18ClNO4/c20-14-6-2-1-5-13(14)15-7-8-16(25-15)17(22)21-10-12-4-3-9-19(12,11-21)18(23)24/h1-2,5-8,12H,3-4,9-11H2,(H,23,24)/t12-,19+/m0/s1. The van der Waals surface area contributed by atoms with Crippen LogP contribution in [-0.4, -0.2) is 35.0 Å². The van der Waals surface area contributed by atoms with Gasteiger partial charge in [-0.1, -0.05) is 30.2 Å². The fraction of sp³-hybridized carbons (Fsp3) is 0.368. The van der Waals surface area contributed by atoms with Gasteiger partial charge in [0.2, 0.25) is 0 Å². The van der Waals surface area contributed by atoms with E-state index >= 15 is 0 Å². The first-order valence-electron chi connectivity index (χ1n) is 8.39. The Morgan fingerprint density at radius 3 is 2.76 bits per heavy atom. The lowest BCUT2D eigenvalue weighted by molar-refractivity contribution is -0.149. The van der Waals surface area contributed by atoms with E-state index in [0.717, 1.165) is 18.4 Å². The summed E-state index contributed by atoms with van der Waals surface area (Å²) in [4.78, 5) is 26.2. The highest BCUT2D eigenvalue weighted by atomic mass is 35.5. The van der Waals surface area contributed by atoms with Gasteiger partial charge in [0.25, 0.3) is 5.91 Å². The molecule has 1 saturated carbocycles. The number of carbonyl (C=O) groups excluding carboxylic acids is 1. The van der Waals surface area contributed by atoms with Crippen LogP contribution < -0.4 is 0 Å². The molecule has 6 heteroatoms. The first kappa shape index (κ1) is 16.2. The first-order chi connectivity index (χ1) is 12.0. The number of hydrogen-bond acceptors (Lipinski definition) is 3. The lowest BCUT2D eigenvalue weighted by Crippen LogP contribution is -2.37. The van der Waals surface area contributed by atoms with Crippen LogP contribution in [0.15, 0.2) is 40.8 Å². The van der Waals surface area contributed by atoms with Crippen molar-refractivity contribution in [3.05, 3.63) is 47.2 Å². The van der Waals surface area contributed by atoms with E-state index in [1.165, 1.54) is 0 Å². The average molecular weight is 360 g/mol. The molecule has 1 amide bonds. The average Bonchev–Trinajstić information content (AvgIpc) is 3.28. The summed E-state index contributed by atoms with van der Waals surface area (Å²) in [5.41, 5.74) is -0.0584. The molecule has 2 atom stereocenters. The summed E-state index contributed by atoms with van der Waals surface area (Å²) in [7, 11) is 0. The second-order valence-corrected chi connectivity index (χ2v) is 7.29. The molecule has 2 heterocycles. The number of carboxylic acids is 1. The molecule has 0 radical (unpaired) electrons. The lowest BCUT2D eigenvalue weighted by atomic mass is 9.81. The SMILES string of the molecule is O=C(c1ccc(-c2ccccc2Cl)o1)N1C[C@@H]2CCC[C@@]2(C(=O)O)C1. The molecule has 0 spiro atoms. The van der Waals surface area contributed by atoms with Crippen molar-refractivity contribution in [1.82, 2.24) is 4.90 Å². The molecule has 5 nitrogen and oxygen atoms in total. The van der Waals surface area contributed by atoms with Crippen LogP contribution in [-0.2, 0) is 4.79 Å². The van der Waals surface area contributed by atoms with Crippen LogP contribution in [0.25, 0.3) is 11.3 Å². The number of carbonyl (C=O) groups is 2. The molecule has 0 unspecified atom stereocenters. The molecule has 25 heavy (non-hydrogen) atoms. The van der Waals surface area contributed by atoms with E-state index < -0.39 is 11.4 Å². The fourth-order valence-corrected chi connectivity index (χ4v) is 4.44. The normalized spacial score (nSPS) is 25.2. The summed E-state index contributed by atoms with van der Waals surface area (Å²) in [6.45, 7) is 0.737. The third-order valence-electron chi connectivity index (χ3n) is 5.54. The van der Waals surface area contributed by atoms with Crippen molar-refractivity contribution in [2.45, 2.75) is 19.3 Å². The number of fused-ring (bicyclic) bond motifs is 1. The van der Waals surface area contributed by atoms with Gasteiger partial charge in [0, 0.05) is 18.7 Å². The molecule has 1 aromatic carbocycles. The van der Waals surface area contributed by atoms with Crippen molar-refractivity contribution in [2.24, 2.45) is 11.3 Å². The molecule has 1 aromatic heterocycles. The summed E-state index contributed by atoms with van der Waals surface area (Å²) in [5.74, 6) is -0.265. The van der Waals surface area contributed by atoms with Crippen LogP contribution in [0.2, 0.25) is 5.02 Å². The summed E-state index contributed by atoms with van der Waals surface area (Å²) in [6, 6.07) is 10.6. The number of hydrogen-bond donors (Lipinski definition) is 1. The van der Waals surface area contributed by atoms with Gasteiger partial charge in [0.05, 0.1) is 10.4 Å². The Balaban J connectivity index is 1.57. The summed E-state index contributed by atoms with van der Waals surface area (Å²) >= 11 is 6.17.